The van der Waals surface area contributed by atoms with Crippen molar-refractivity contribution in [2.75, 3.05) is 0 Å². The minimum Gasteiger partial charge on any atom is -0.387 e. The smallest absolute Gasteiger partial charge is 0.0945 e. The Kier molecular flexibility index (Phi) is 4.14. The van der Waals surface area contributed by atoms with E-state index in [1.165, 1.54) is 0 Å². The van der Waals surface area contributed by atoms with E-state index in [9.17, 15) is 5.11 Å². The minimum atomic E-state index is -0.623. The predicted octanol–water partition coefficient (Wildman–Crippen LogP) is 2.67. The second-order valence-electron chi connectivity index (χ2n) is 4.27. The van der Waals surface area contributed by atoms with E-state index in [2.05, 4.69) is 0 Å². The topological polar surface area (TPSA) is 46.2 Å². The maximum absolute atomic E-state index is 10.1. The summed E-state index contributed by atoms with van der Waals surface area (Å²) in [4.78, 5) is 0. The summed E-state index contributed by atoms with van der Waals surface area (Å²) in [5, 5.41) is 10.7. The molecule has 0 spiro atoms. The molecule has 15 heavy (non-hydrogen) atoms. The number of aliphatic hydroxyl groups is 1. The van der Waals surface area contributed by atoms with Crippen molar-refractivity contribution in [2.45, 2.75) is 32.9 Å². The van der Waals surface area contributed by atoms with Crippen LogP contribution in [0.15, 0.2) is 18.2 Å². The summed E-state index contributed by atoms with van der Waals surface area (Å²) in [7, 11) is 0. The van der Waals surface area contributed by atoms with Crippen LogP contribution < -0.4 is 5.73 Å². The van der Waals surface area contributed by atoms with Crippen LogP contribution in [-0.4, -0.2) is 11.1 Å². The first-order chi connectivity index (χ1) is 6.93. The summed E-state index contributed by atoms with van der Waals surface area (Å²) in [6.45, 7) is 5.93. The van der Waals surface area contributed by atoms with Gasteiger partial charge < -0.3 is 10.8 Å². The molecule has 84 valence electrons. The van der Waals surface area contributed by atoms with Gasteiger partial charge in [-0.3, -0.25) is 0 Å². The fourth-order valence-electron chi connectivity index (χ4n) is 1.54. The molecule has 0 aliphatic carbocycles. The van der Waals surface area contributed by atoms with E-state index in [-0.39, 0.29) is 12.0 Å². The van der Waals surface area contributed by atoms with Gasteiger partial charge in [-0.1, -0.05) is 31.5 Å². The van der Waals surface area contributed by atoms with Crippen LogP contribution >= 0.6 is 11.6 Å². The minimum absolute atomic E-state index is 0.245. The maximum Gasteiger partial charge on any atom is 0.0945 e. The first kappa shape index (κ1) is 12.5. The molecule has 3 heteroatoms. The molecule has 2 nitrogen and oxygen atoms in total. The molecule has 2 atom stereocenters. The van der Waals surface area contributed by atoms with Crippen molar-refractivity contribution in [1.82, 2.24) is 0 Å². The molecule has 0 aromatic heterocycles. The molecule has 0 aliphatic rings. The average Bonchev–Trinajstić information content (AvgIpc) is 2.15. The number of hydrogen-bond donors (Lipinski definition) is 2. The molecule has 3 N–H and O–H groups in total. The molecule has 0 radical (unpaired) electrons. The van der Waals surface area contributed by atoms with Crippen LogP contribution in [0.3, 0.4) is 0 Å². The first-order valence-electron chi connectivity index (χ1n) is 5.13. The van der Waals surface area contributed by atoms with Gasteiger partial charge in [0.1, 0.15) is 0 Å². The Labute approximate surface area is 96.1 Å². The number of rotatable bonds is 3. The van der Waals surface area contributed by atoms with Crippen molar-refractivity contribution in [1.29, 1.82) is 0 Å². The Morgan fingerprint density at radius 2 is 1.93 bits per heavy atom. The van der Waals surface area contributed by atoms with Crippen molar-refractivity contribution in [3.63, 3.8) is 0 Å². The highest BCUT2D eigenvalue weighted by atomic mass is 35.5. The zero-order chi connectivity index (χ0) is 11.6. The standard InChI is InChI=1S/C12H18ClNO/c1-7(2)11(14)12(15)10-5-4-9(13)6-8(10)3/h4-7,11-12,15H,14H2,1-3H3. The highest BCUT2D eigenvalue weighted by molar-refractivity contribution is 6.30. The van der Waals surface area contributed by atoms with E-state index in [1.54, 1.807) is 6.07 Å². The van der Waals surface area contributed by atoms with Crippen LogP contribution in [0.1, 0.15) is 31.1 Å². The lowest BCUT2D eigenvalue weighted by atomic mass is 9.92. The predicted molar refractivity (Wildman–Crippen MR) is 64.0 cm³/mol. The maximum atomic E-state index is 10.1. The molecular formula is C12H18ClNO. The largest absolute Gasteiger partial charge is 0.387 e. The van der Waals surface area contributed by atoms with E-state index >= 15 is 0 Å². The molecule has 1 aromatic rings. The van der Waals surface area contributed by atoms with E-state index in [0.717, 1.165) is 11.1 Å². The molecule has 0 aliphatic heterocycles. The van der Waals surface area contributed by atoms with Crippen LogP contribution in [0.5, 0.6) is 0 Å². The molecule has 2 unspecified atom stereocenters. The van der Waals surface area contributed by atoms with Crippen molar-refractivity contribution >= 4 is 11.6 Å². The monoisotopic (exact) mass is 227 g/mol. The van der Waals surface area contributed by atoms with Crippen molar-refractivity contribution in [2.24, 2.45) is 11.7 Å². The quantitative estimate of drug-likeness (QED) is 0.834. The van der Waals surface area contributed by atoms with Gasteiger partial charge in [-0.2, -0.15) is 0 Å². The fourth-order valence-corrected chi connectivity index (χ4v) is 1.77. The number of halogens is 1. The third-order valence-electron chi connectivity index (χ3n) is 2.68. The van der Waals surface area contributed by atoms with Crippen LogP contribution in [0.4, 0.5) is 0 Å². The summed E-state index contributed by atoms with van der Waals surface area (Å²) in [6.07, 6.45) is -0.623. The molecule has 1 aromatic carbocycles. The van der Waals surface area contributed by atoms with Gasteiger partial charge in [0.25, 0.3) is 0 Å². The van der Waals surface area contributed by atoms with Gasteiger partial charge in [0.05, 0.1) is 6.10 Å². The Bertz CT molecular complexity index is 338. The van der Waals surface area contributed by atoms with Gasteiger partial charge in [-0.25, -0.2) is 0 Å². The number of aryl methyl sites for hydroxylation is 1. The number of nitrogens with two attached hydrogens (primary N) is 1. The SMILES string of the molecule is Cc1cc(Cl)ccc1C(O)C(N)C(C)C. The molecule has 1 rings (SSSR count). The van der Waals surface area contributed by atoms with Crippen molar-refractivity contribution in [3.05, 3.63) is 34.3 Å². The summed E-state index contributed by atoms with van der Waals surface area (Å²) in [5.41, 5.74) is 7.76. The Balaban J connectivity index is 2.96. The highest BCUT2D eigenvalue weighted by Gasteiger charge is 2.21. The van der Waals surface area contributed by atoms with Gasteiger partial charge in [-0.15, -0.1) is 0 Å². The average molecular weight is 228 g/mol. The molecule has 0 heterocycles. The van der Waals surface area contributed by atoms with E-state index in [1.807, 2.05) is 32.9 Å². The second kappa shape index (κ2) is 4.97. The summed E-state index contributed by atoms with van der Waals surface area (Å²) < 4.78 is 0. The van der Waals surface area contributed by atoms with E-state index in [0.29, 0.717) is 5.02 Å². The molecule has 0 bridgehead atoms. The lowest BCUT2D eigenvalue weighted by molar-refractivity contribution is 0.125. The van der Waals surface area contributed by atoms with Gasteiger partial charge in [-0.05, 0) is 36.1 Å². The first-order valence-corrected chi connectivity index (χ1v) is 5.51. The summed E-state index contributed by atoms with van der Waals surface area (Å²) >= 11 is 5.85. The van der Waals surface area contributed by atoms with Gasteiger partial charge in [0.2, 0.25) is 0 Å². The van der Waals surface area contributed by atoms with Gasteiger partial charge >= 0.3 is 0 Å². The van der Waals surface area contributed by atoms with Crippen molar-refractivity contribution < 1.29 is 5.11 Å². The van der Waals surface area contributed by atoms with Crippen molar-refractivity contribution in [3.8, 4) is 0 Å². The molecular weight excluding hydrogens is 210 g/mol. The normalized spacial score (nSPS) is 15.4. The highest BCUT2D eigenvalue weighted by Crippen LogP contribution is 2.25. The molecule has 0 fully saturated rings. The van der Waals surface area contributed by atoms with Gasteiger partial charge in [0.15, 0.2) is 0 Å². The lowest BCUT2D eigenvalue weighted by Crippen LogP contribution is -2.33. The van der Waals surface area contributed by atoms with Crippen LogP contribution in [0.2, 0.25) is 5.02 Å². The third kappa shape index (κ3) is 2.94. The van der Waals surface area contributed by atoms with E-state index < -0.39 is 6.10 Å². The summed E-state index contributed by atoms with van der Waals surface area (Å²) in [6, 6.07) is 5.21. The number of benzene rings is 1. The van der Waals surface area contributed by atoms with E-state index in [4.69, 9.17) is 17.3 Å². The number of hydrogen-bond acceptors (Lipinski definition) is 2. The van der Waals surface area contributed by atoms with Crippen LogP contribution in [0, 0.1) is 12.8 Å². The van der Waals surface area contributed by atoms with Crippen LogP contribution in [-0.2, 0) is 0 Å². The molecule has 0 amide bonds. The third-order valence-corrected chi connectivity index (χ3v) is 2.92. The zero-order valence-corrected chi connectivity index (χ0v) is 10.1. The zero-order valence-electron chi connectivity index (χ0n) is 9.37. The number of aliphatic hydroxyl groups excluding tert-OH is 1. The lowest BCUT2D eigenvalue weighted by Gasteiger charge is -2.23. The second-order valence-corrected chi connectivity index (χ2v) is 4.70. The van der Waals surface area contributed by atoms with Gasteiger partial charge in [0, 0.05) is 11.1 Å². The Morgan fingerprint density at radius 1 is 1.33 bits per heavy atom. The molecule has 0 saturated heterocycles. The Hall–Kier alpha value is -0.570. The fraction of sp³-hybridized carbons (Fsp3) is 0.500. The Morgan fingerprint density at radius 3 is 2.40 bits per heavy atom. The summed E-state index contributed by atoms with van der Waals surface area (Å²) in [5.74, 6) is 0.245. The van der Waals surface area contributed by atoms with Crippen LogP contribution in [0.25, 0.3) is 0 Å². The molecule has 0 saturated carbocycles.